The molecule has 1 aliphatic heterocycles. The molecule has 1 aromatic heterocycles. The lowest BCUT2D eigenvalue weighted by Gasteiger charge is -2.22. The first kappa shape index (κ1) is 15.3. The molecule has 1 saturated carbocycles. The van der Waals surface area contributed by atoms with E-state index in [9.17, 15) is 0 Å². The molecule has 6 heteroatoms. The van der Waals surface area contributed by atoms with Gasteiger partial charge >= 0.3 is 0 Å². The van der Waals surface area contributed by atoms with Crippen LogP contribution >= 0.6 is 12.4 Å². The van der Waals surface area contributed by atoms with E-state index < -0.39 is 0 Å². The van der Waals surface area contributed by atoms with Crippen molar-refractivity contribution in [2.45, 2.75) is 25.2 Å². The van der Waals surface area contributed by atoms with Gasteiger partial charge in [0.25, 0.3) is 0 Å². The van der Waals surface area contributed by atoms with Crippen LogP contribution in [-0.4, -0.2) is 30.3 Å². The molecule has 0 amide bonds. The number of ether oxygens (including phenoxy) is 1. The zero-order valence-corrected chi connectivity index (χ0v) is 13.4. The molecule has 2 aromatic rings. The number of nitrogens with zero attached hydrogens (tertiary/aromatic N) is 2. The van der Waals surface area contributed by atoms with Crippen LogP contribution in [0, 0.1) is 5.41 Å². The van der Waals surface area contributed by atoms with Crippen LogP contribution in [0.2, 0.25) is 0 Å². The van der Waals surface area contributed by atoms with E-state index in [4.69, 9.17) is 9.26 Å². The van der Waals surface area contributed by atoms with Gasteiger partial charge in [0.2, 0.25) is 11.7 Å². The number of hydrogen-bond donors (Lipinski definition) is 1. The van der Waals surface area contributed by atoms with Crippen molar-refractivity contribution in [3.63, 3.8) is 0 Å². The van der Waals surface area contributed by atoms with Crippen LogP contribution < -0.4 is 10.1 Å². The second-order valence-corrected chi connectivity index (χ2v) is 6.05. The highest BCUT2D eigenvalue weighted by Crippen LogP contribution is 2.63. The fraction of sp³-hybridized carbons (Fsp3) is 0.500. The summed E-state index contributed by atoms with van der Waals surface area (Å²) in [6.07, 6.45) is 3.63. The van der Waals surface area contributed by atoms with Crippen molar-refractivity contribution in [2.75, 3.05) is 20.2 Å². The maximum atomic E-state index is 5.51. The van der Waals surface area contributed by atoms with E-state index in [0.29, 0.717) is 17.2 Å². The number of halogens is 1. The van der Waals surface area contributed by atoms with Crippen LogP contribution in [0.3, 0.4) is 0 Å². The van der Waals surface area contributed by atoms with Gasteiger partial charge < -0.3 is 14.6 Å². The molecule has 1 atom stereocenters. The molecule has 1 unspecified atom stereocenters. The SMILES string of the molecule is COc1ccc(-c2noc(C3CC34CCNCC4)n2)cc1.Cl. The van der Waals surface area contributed by atoms with Gasteiger partial charge in [-0.25, -0.2) is 0 Å². The Morgan fingerprint density at radius 2 is 1.95 bits per heavy atom. The summed E-state index contributed by atoms with van der Waals surface area (Å²) in [5.41, 5.74) is 1.39. The molecule has 2 heterocycles. The number of methoxy groups -OCH3 is 1. The minimum absolute atomic E-state index is 0. The number of rotatable bonds is 3. The van der Waals surface area contributed by atoms with Gasteiger partial charge in [-0.15, -0.1) is 12.4 Å². The van der Waals surface area contributed by atoms with Gasteiger partial charge in [0, 0.05) is 11.5 Å². The quantitative estimate of drug-likeness (QED) is 0.941. The Kier molecular flexibility index (Phi) is 4.10. The fourth-order valence-electron chi connectivity index (χ4n) is 3.41. The van der Waals surface area contributed by atoms with Crippen LogP contribution in [-0.2, 0) is 0 Å². The lowest BCUT2D eigenvalue weighted by atomic mass is 9.92. The maximum Gasteiger partial charge on any atom is 0.230 e. The summed E-state index contributed by atoms with van der Waals surface area (Å²) in [6.45, 7) is 2.21. The molecule has 5 nitrogen and oxygen atoms in total. The lowest BCUT2D eigenvalue weighted by molar-refractivity contribution is 0.311. The van der Waals surface area contributed by atoms with Crippen molar-refractivity contribution in [2.24, 2.45) is 5.41 Å². The van der Waals surface area contributed by atoms with Crippen molar-refractivity contribution in [3.8, 4) is 17.1 Å². The van der Waals surface area contributed by atoms with E-state index in [1.165, 1.54) is 19.3 Å². The third-order valence-electron chi connectivity index (χ3n) is 4.88. The van der Waals surface area contributed by atoms with Crippen molar-refractivity contribution < 1.29 is 9.26 Å². The molecule has 2 fully saturated rings. The average molecular weight is 322 g/mol. The van der Waals surface area contributed by atoms with Crippen molar-refractivity contribution in [3.05, 3.63) is 30.2 Å². The molecule has 4 rings (SSSR count). The lowest BCUT2D eigenvalue weighted by Crippen LogP contribution is -2.29. The topological polar surface area (TPSA) is 60.2 Å². The van der Waals surface area contributed by atoms with Crippen molar-refractivity contribution in [1.82, 2.24) is 15.5 Å². The third-order valence-corrected chi connectivity index (χ3v) is 4.88. The third kappa shape index (κ3) is 2.59. The molecule has 1 spiro atoms. The number of aromatic nitrogens is 2. The highest BCUT2D eigenvalue weighted by molar-refractivity contribution is 5.85. The minimum Gasteiger partial charge on any atom is -0.497 e. The van der Waals surface area contributed by atoms with E-state index in [1.807, 2.05) is 24.3 Å². The Labute approximate surface area is 135 Å². The summed E-state index contributed by atoms with van der Waals surface area (Å²) in [7, 11) is 1.66. The first-order valence-corrected chi connectivity index (χ1v) is 7.49. The Morgan fingerprint density at radius 1 is 1.23 bits per heavy atom. The molecule has 1 aliphatic carbocycles. The number of piperidine rings is 1. The Balaban J connectivity index is 0.00000144. The second kappa shape index (κ2) is 5.89. The Hall–Kier alpha value is -1.59. The van der Waals surface area contributed by atoms with E-state index in [-0.39, 0.29) is 12.4 Å². The van der Waals surface area contributed by atoms with Crippen LogP contribution in [0.4, 0.5) is 0 Å². The Bertz CT molecular complexity index is 635. The first-order valence-electron chi connectivity index (χ1n) is 7.49. The number of nitrogens with one attached hydrogen (secondary N) is 1. The zero-order valence-electron chi connectivity index (χ0n) is 12.5. The molecular weight excluding hydrogens is 302 g/mol. The standard InChI is InChI=1S/C16H19N3O2.ClH/c1-20-12-4-2-11(3-5-12)14-18-15(21-19-14)13-10-16(13)6-8-17-9-7-16;/h2-5,13,17H,6-10H2,1H3;1H. The maximum absolute atomic E-state index is 5.51. The molecule has 2 aliphatic rings. The van der Waals surface area contributed by atoms with Crippen LogP contribution in [0.15, 0.2) is 28.8 Å². The van der Waals surface area contributed by atoms with Gasteiger partial charge in [-0.1, -0.05) is 5.16 Å². The molecule has 1 aromatic carbocycles. The fourth-order valence-corrected chi connectivity index (χ4v) is 3.41. The van der Waals surface area contributed by atoms with Gasteiger partial charge in [-0.2, -0.15) is 4.98 Å². The van der Waals surface area contributed by atoms with E-state index >= 15 is 0 Å². The predicted molar refractivity (Wildman–Crippen MR) is 85.4 cm³/mol. The summed E-state index contributed by atoms with van der Waals surface area (Å²) in [6, 6.07) is 7.74. The molecule has 0 radical (unpaired) electrons. The first-order chi connectivity index (χ1) is 10.3. The summed E-state index contributed by atoms with van der Waals surface area (Å²) < 4.78 is 10.7. The van der Waals surface area contributed by atoms with Crippen LogP contribution in [0.1, 0.15) is 31.1 Å². The monoisotopic (exact) mass is 321 g/mol. The largest absolute Gasteiger partial charge is 0.497 e. The zero-order chi connectivity index (χ0) is 14.3. The summed E-state index contributed by atoms with van der Waals surface area (Å²) >= 11 is 0. The van der Waals surface area contributed by atoms with E-state index in [0.717, 1.165) is 30.3 Å². The summed E-state index contributed by atoms with van der Waals surface area (Å²) in [5.74, 6) is 2.77. The summed E-state index contributed by atoms with van der Waals surface area (Å²) in [4.78, 5) is 4.61. The van der Waals surface area contributed by atoms with E-state index in [2.05, 4.69) is 15.5 Å². The highest BCUT2D eigenvalue weighted by Gasteiger charge is 2.57. The van der Waals surface area contributed by atoms with Gasteiger partial charge in [-0.3, -0.25) is 0 Å². The molecule has 1 saturated heterocycles. The molecular formula is C16H20ClN3O2. The van der Waals surface area contributed by atoms with Crippen molar-refractivity contribution >= 4 is 12.4 Å². The van der Waals surface area contributed by atoms with Crippen LogP contribution in [0.5, 0.6) is 5.75 Å². The Morgan fingerprint density at radius 3 is 2.64 bits per heavy atom. The molecule has 22 heavy (non-hydrogen) atoms. The molecule has 1 N–H and O–H groups in total. The minimum atomic E-state index is 0. The number of benzene rings is 1. The van der Waals surface area contributed by atoms with Gasteiger partial charge in [0.1, 0.15) is 5.75 Å². The average Bonchev–Trinajstić information content (AvgIpc) is 3.01. The van der Waals surface area contributed by atoms with Crippen LogP contribution in [0.25, 0.3) is 11.4 Å². The number of hydrogen-bond acceptors (Lipinski definition) is 5. The predicted octanol–water partition coefficient (Wildman–Crippen LogP) is 3.02. The van der Waals surface area contributed by atoms with Gasteiger partial charge in [0.05, 0.1) is 7.11 Å². The summed E-state index contributed by atoms with van der Waals surface area (Å²) in [5, 5.41) is 7.55. The van der Waals surface area contributed by atoms with Gasteiger partial charge in [-0.05, 0) is 62.0 Å². The molecule has 118 valence electrons. The smallest absolute Gasteiger partial charge is 0.230 e. The molecule has 0 bridgehead atoms. The van der Waals surface area contributed by atoms with Crippen molar-refractivity contribution in [1.29, 1.82) is 0 Å². The normalized spacial score (nSPS) is 22.1. The highest BCUT2D eigenvalue weighted by atomic mass is 35.5. The van der Waals surface area contributed by atoms with Gasteiger partial charge in [0.15, 0.2) is 0 Å². The van der Waals surface area contributed by atoms with E-state index in [1.54, 1.807) is 7.11 Å². The second-order valence-electron chi connectivity index (χ2n) is 6.05.